The molecule has 29 heavy (non-hydrogen) atoms. The van der Waals surface area contributed by atoms with E-state index in [2.05, 4.69) is 4.99 Å². The lowest BCUT2D eigenvalue weighted by Crippen LogP contribution is -2.44. The molecule has 2 aromatic carbocycles. The Hall–Kier alpha value is -2.61. The molecule has 0 aliphatic heterocycles. The number of aliphatic hydroxyl groups is 1. The Morgan fingerprint density at radius 2 is 1.76 bits per heavy atom. The van der Waals surface area contributed by atoms with E-state index >= 15 is 0 Å². The normalized spacial score (nSPS) is 14.1. The molecule has 0 amide bonds. The van der Waals surface area contributed by atoms with Crippen LogP contribution in [0.15, 0.2) is 35.3 Å². The number of ether oxygens (including phenoxy) is 1. The first kappa shape index (κ1) is 22.7. The van der Waals surface area contributed by atoms with Crippen LogP contribution < -0.4 is 4.74 Å². The summed E-state index contributed by atoms with van der Waals surface area (Å²) in [6.07, 6.45) is -3.58. The monoisotopic (exact) mass is 412 g/mol. The molecular weight excluding hydrogens is 388 g/mol. The number of nitrogens with zero attached hydrogens (tertiary/aromatic N) is 2. The Labute approximate surface area is 167 Å². The van der Waals surface area contributed by atoms with Gasteiger partial charge in [0, 0.05) is 30.8 Å². The van der Waals surface area contributed by atoms with Crippen molar-refractivity contribution < 1.29 is 27.4 Å². The number of aryl methyl sites for hydroxylation is 2. The van der Waals surface area contributed by atoms with Gasteiger partial charge in [0.15, 0.2) is 0 Å². The zero-order valence-corrected chi connectivity index (χ0v) is 16.9. The first-order valence-corrected chi connectivity index (χ1v) is 8.95. The summed E-state index contributed by atoms with van der Waals surface area (Å²) >= 11 is 0. The van der Waals surface area contributed by atoms with Crippen LogP contribution in [0.4, 0.5) is 23.2 Å². The van der Waals surface area contributed by atoms with Crippen LogP contribution in [-0.2, 0) is 5.60 Å². The summed E-state index contributed by atoms with van der Waals surface area (Å²) in [5.41, 5.74) is -3.69. The molecule has 0 saturated heterocycles. The van der Waals surface area contributed by atoms with E-state index in [4.69, 9.17) is 4.74 Å². The maximum absolute atomic E-state index is 14.2. The highest BCUT2D eigenvalue weighted by molar-refractivity contribution is 5.66. The molecule has 8 heteroatoms. The third-order valence-electron chi connectivity index (χ3n) is 4.80. The molecule has 0 saturated carbocycles. The number of methoxy groups -OCH3 is 1. The molecule has 0 radical (unpaired) electrons. The van der Waals surface area contributed by atoms with Crippen LogP contribution in [0.2, 0.25) is 0 Å². The van der Waals surface area contributed by atoms with Gasteiger partial charge in [-0.15, -0.1) is 0 Å². The van der Waals surface area contributed by atoms with Crippen molar-refractivity contribution >= 4 is 12.0 Å². The number of hydrogen-bond acceptors (Lipinski definition) is 3. The van der Waals surface area contributed by atoms with Gasteiger partial charge in [-0.25, -0.2) is 9.38 Å². The predicted molar refractivity (Wildman–Crippen MR) is 104 cm³/mol. The average molecular weight is 412 g/mol. The van der Waals surface area contributed by atoms with Crippen LogP contribution in [0.1, 0.15) is 29.2 Å². The van der Waals surface area contributed by atoms with Crippen LogP contribution in [0.25, 0.3) is 0 Å². The molecule has 2 aromatic rings. The highest BCUT2D eigenvalue weighted by atomic mass is 19.4. The maximum atomic E-state index is 14.2. The van der Waals surface area contributed by atoms with Crippen LogP contribution in [0.5, 0.6) is 5.75 Å². The second kappa shape index (κ2) is 8.41. The molecule has 1 unspecified atom stereocenters. The minimum absolute atomic E-state index is 0.0950. The van der Waals surface area contributed by atoms with E-state index in [9.17, 15) is 22.7 Å². The van der Waals surface area contributed by atoms with Gasteiger partial charge in [-0.1, -0.05) is 6.07 Å². The Kier molecular flexibility index (Phi) is 6.57. The van der Waals surface area contributed by atoms with E-state index in [0.29, 0.717) is 23.9 Å². The summed E-state index contributed by atoms with van der Waals surface area (Å²) in [6.45, 7) is 5.58. The Morgan fingerprint density at radius 1 is 1.10 bits per heavy atom. The van der Waals surface area contributed by atoms with Crippen LogP contribution in [0, 0.1) is 19.7 Å². The fourth-order valence-corrected chi connectivity index (χ4v) is 2.94. The van der Waals surface area contributed by atoms with E-state index in [1.807, 2.05) is 6.92 Å². The maximum Gasteiger partial charge on any atom is 0.425 e. The minimum atomic E-state index is -5.13. The van der Waals surface area contributed by atoms with E-state index in [0.717, 1.165) is 6.07 Å². The SMILES string of the molecule is CCN(C)/C=N/c1cc(OC)c(C(O)(c2cc(F)ccc2C)C(F)(F)F)cc1C. The lowest BCUT2D eigenvalue weighted by Gasteiger charge is -2.34. The molecule has 2 rings (SSSR count). The minimum Gasteiger partial charge on any atom is -0.496 e. The predicted octanol–water partition coefficient (Wildman–Crippen LogP) is 4.86. The summed E-state index contributed by atoms with van der Waals surface area (Å²) < 4.78 is 61.5. The third kappa shape index (κ3) is 4.37. The summed E-state index contributed by atoms with van der Waals surface area (Å²) in [4.78, 5) is 6.07. The molecule has 0 spiro atoms. The Balaban J connectivity index is 2.77. The van der Waals surface area contributed by atoms with E-state index < -0.39 is 28.7 Å². The van der Waals surface area contributed by atoms with Crippen molar-refractivity contribution in [2.24, 2.45) is 4.99 Å². The molecular formula is C21H24F4N2O2. The fraction of sp³-hybridized carbons (Fsp3) is 0.381. The average Bonchev–Trinajstić information content (AvgIpc) is 2.66. The van der Waals surface area contributed by atoms with Gasteiger partial charge < -0.3 is 14.7 Å². The summed E-state index contributed by atoms with van der Waals surface area (Å²) in [7, 11) is 3.01. The van der Waals surface area contributed by atoms with Crippen molar-refractivity contribution in [3.63, 3.8) is 0 Å². The topological polar surface area (TPSA) is 45.1 Å². The number of hydrogen-bond donors (Lipinski definition) is 1. The van der Waals surface area contributed by atoms with Crippen molar-refractivity contribution in [1.29, 1.82) is 0 Å². The van der Waals surface area contributed by atoms with Crippen molar-refractivity contribution in [1.82, 2.24) is 4.90 Å². The van der Waals surface area contributed by atoms with Crippen molar-refractivity contribution in [3.05, 3.63) is 58.4 Å². The lowest BCUT2D eigenvalue weighted by atomic mass is 9.82. The molecule has 0 bridgehead atoms. The Morgan fingerprint density at radius 3 is 2.31 bits per heavy atom. The molecule has 0 aromatic heterocycles. The molecule has 0 aliphatic carbocycles. The first-order valence-electron chi connectivity index (χ1n) is 8.95. The highest BCUT2D eigenvalue weighted by Gasteiger charge is 2.58. The van der Waals surface area contributed by atoms with Crippen LogP contribution in [0.3, 0.4) is 0 Å². The zero-order chi connectivity index (χ0) is 22.0. The molecule has 0 heterocycles. The van der Waals surface area contributed by atoms with Gasteiger partial charge in [0.05, 0.1) is 19.1 Å². The summed E-state index contributed by atoms with van der Waals surface area (Å²) in [6, 6.07) is 5.44. The molecule has 0 fully saturated rings. The number of aliphatic imine (C=N–C) groups is 1. The lowest BCUT2D eigenvalue weighted by molar-refractivity contribution is -0.249. The Bertz CT molecular complexity index is 912. The van der Waals surface area contributed by atoms with Gasteiger partial charge in [0.2, 0.25) is 5.60 Å². The van der Waals surface area contributed by atoms with Crippen LogP contribution >= 0.6 is 0 Å². The number of alkyl halides is 3. The fourth-order valence-electron chi connectivity index (χ4n) is 2.94. The summed E-state index contributed by atoms with van der Waals surface area (Å²) in [5, 5.41) is 11.0. The highest BCUT2D eigenvalue weighted by Crippen LogP contribution is 2.49. The smallest absolute Gasteiger partial charge is 0.425 e. The second-order valence-corrected chi connectivity index (χ2v) is 6.82. The molecule has 1 N–H and O–H groups in total. The van der Waals surface area contributed by atoms with Gasteiger partial charge in [-0.05, 0) is 50.1 Å². The number of halogens is 4. The first-order chi connectivity index (χ1) is 13.4. The van der Waals surface area contributed by atoms with Crippen LogP contribution in [-0.4, -0.2) is 43.2 Å². The quantitative estimate of drug-likeness (QED) is 0.419. The number of benzene rings is 2. The molecule has 158 valence electrons. The molecule has 0 aliphatic rings. The zero-order valence-electron chi connectivity index (χ0n) is 16.9. The van der Waals surface area contributed by atoms with Crippen molar-refractivity contribution in [2.75, 3.05) is 20.7 Å². The molecule has 1 atom stereocenters. The largest absolute Gasteiger partial charge is 0.496 e. The van der Waals surface area contributed by atoms with Crippen molar-refractivity contribution in [3.8, 4) is 5.75 Å². The summed E-state index contributed by atoms with van der Waals surface area (Å²) in [5.74, 6) is -1.09. The van der Waals surface area contributed by atoms with E-state index in [-0.39, 0.29) is 11.3 Å². The van der Waals surface area contributed by atoms with Gasteiger partial charge in [0.1, 0.15) is 11.6 Å². The van der Waals surface area contributed by atoms with Crippen molar-refractivity contribution in [2.45, 2.75) is 32.5 Å². The third-order valence-corrected chi connectivity index (χ3v) is 4.80. The van der Waals surface area contributed by atoms with E-state index in [1.165, 1.54) is 32.2 Å². The van der Waals surface area contributed by atoms with Gasteiger partial charge in [0.25, 0.3) is 0 Å². The molecule has 4 nitrogen and oxygen atoms in total. The second-order valence-electron chi connectivity index (χ2n) is 6.82. The van der Waals surface area contributed by atoms with E-state index in [1.54, 1.807) is 25.2 Å². The standard InChI is InChI=1S/C21H24F4N2O2/c1-6-27(4)12-26-18-11-19(29-5)17(9-14(18)3)20(28,21(23,24)25)16-10-15(22)8-7-13(16)2/h7-12,28H,6H2,1-5H3/b26-12+. The van der Waals surface area contributed by atoms with Gasteiger partial charge >= 0.3 is 6.18 Å². The van der Waals surface area contributed by atoms with Gasteiger partial charge in [-0.2, -0.15) is 13.2 Å². The van der Waals surface area contributed by atoms with Gasteiger partial charge in [-0.3, -0.25) is 0 Å². The number of rotatable bonds is 6.